The van der Waals surface area contributed by atoms with Crippen molar-refractivity contribution in [2.45, 2.75) is 129 Å². The number of aliphatic hydroxyl groups is 2. The highest BCUT2D eigenvalue weighted by Crippen LogP contribution is 2.35. The van der Waals surface area contributed by atoms with Gasteiger partial charge >= 0.3 is 5.97 Å². The van der Waals surface area contributed by atoms with Gasteiger partial charge in [0.05, 0.1) is 29.8 Å². The molecule has 0 aromatic rings. The standard InChI is InChI=1S/C29H54N2O6/c1-11-24-18(3)12-19(4)31(10)16-17(2)15-29(8,34)27(21(6)26(32)22(7)28(33)36-24)37-25-14-23(30-9)13-20(5)35-25/h12,17,19-27,30,32,34H,11,13-16H2,1-10H3/t17-,19-,20-,21+,22-,23+,24-,25+,26+,27-,29-/m1/s1. The predicted molar refractivity (Wildman–Crippen MR) is 146 cm³/mol. The van der Waals surface area contributed by atoms with Crippen molar-refractivity contribution in [1.29, 1.82) is 0 Å². The van der Waals surface area contributed by atoms with Crippen LogP contribution in [-0.2, 0) is 19.0 Å². The van der Waals surface area contributed by atoms with E-state index >= 15 is 0 Å². The van der Waals surface area contributed by atoms with Gasteiger partial charge in [0.2, 0.25) is 0 Å². The lowest BCUT2D eigenvalue weighted by atomic mass is 9.78. The number of cyclic esters (lactones) is 1. The number of aliphatic hydroxyl groups excluding tert-OH is 1. The molecule has 8 nitrogen and oxygen atoms in total. The Hall–Kier alpha value is -1.03. The van der Waals surface area contributed by atoms with E-state index < -0.39 is 41.9 Å². The fraction of sp³-hybridized carbons (Fsp3) is 0.897. The molecule has 3 N–H and O–H groups in total. The minimum atomic E-state index is -1.26. The van der Waals surface area contributed by atoms with E-state index in [1.54, 1.807) is 13.8 Å². The number of hydrogen-bond donors (Lipinski definition) is 3. The second-order valence-corrected chi connectivity index (χ2v) is 12.1. The van der Waals surface area contributed by atoms with Crippen LogP contribution in [0.3, 0.4) is 0 Å². The van der Waals surface area contributed by atoms with E-state index in [4.69, 9.17) is 14.2 Å². The number of likely N-dealkylation sites (N-methyl/N-ethyl adjacent to an activating group) is 1. The SMILES string of the molecule is CC[C@H]1OC(=O)[C@H](C)[C@@H](O)[C@H](C)[C@@H](O[C@H]2C[C@@H](NC)C[C@@H](C)O2)[C@](C)(O)C[C@@H](C)CN(C)[C@H](C)C=C1C. The molecule has 37 heavy (non-hydrogen) atoms. The van der Waals surface area contributed by atoms with Crippen LogP contribution >= 0.6 is 0 Å². The molecule has 2 aliphatic rings. The number of carbonyl (C=O) groups excluding carboxylic acids is 1. The Morgan fingerprint density at radius 1 is 1.22 bits per heavy atom. The summed E-state index contributed by atoms with van der Waals surface area (Å²) in [5.41, 5.74) is -0.256. The largest absolute Gasteiger partial charge is 0.458 e. The fourth-order valence-electron chi connectivity index (χ4n) is 6.10. The average Bonchev–Trinajstić information content (AvgIpc) is 2.82. The summed E-state index contributed by atoms with van der Waals surface area (Å²) in [5, 5.41) is 26.5. The second-order valence-electron chi connectivity index (χ2n) is 12.1. The van der Waals surface area contributed by atoms with Crippen LogP contribution in [0.25, 0.3) is 0 Å². The van der Waals surface area contributed by atoms with Gasteiger partial charge in [-0.2, -0.15) is 0 Å². The van der Waals surface area contributed by atoms with Gasteiger partial charge in [-0.25, -0.2) is 0 Å². The molecule has 8 heteroatoms. The normalized spacial score (nSPS) is 43.9. The maximum atomic E-state index is 13.1. The maximum Gasteiger partial charge on any atom is 0.311 e. The Morgan fingerprint density at radius 3 is 2.46 bits per heavy atom. The van der Waals surface area contributed by atoms with Gasteiger partial charge in [0.1, 0.15) is 6.10 Å². The lowest BCUT2D eigenvalue weighted by molar-refractivity contribution is -0.263. The van der Waals surface area contributed by atoms with Crippen molar-refractivity contribution in [3.8, 4) is 0 Å². The molecule has 1 saturated heterocycles. The van der Waals surface area contributed by atoms with Gasteiger partial charge in [0.25, 0.3) is 0 Å². The Bertz CT molecular complexity index is 759. The van der Waals surface area contributed by atoms with Gasteiger partial charge in [-0.05, 0) is 79.5 Å². The minimum absolute atomic E-state index is 0.00770. The number of carbonyl (C=O) groups is 1. The smallest absolute Gasteiger partial charge is 0.311 e. The molecular formula is C29H54N2O6. The van der Waals surface area contributed by atoms with Crippen LogP contribution < -0.4 is 5.32 Å². The molecule has 1 fully saturated rings. The van der Waals surface area contributed by atoms with E-state index in [9.17, 15) is 15.0 Å². The first kappa shape index (κ1) is 32.2. The van der Waals surface area contributed by atoms with Gasteiger partial charge in [-0.3, -0.25) is 9.69 Å². The molecule has 0 aromatic heterocycles. The van der Waals surface area contributed by atoms with Crippen LogP contribution in [0.15, 0.2) is 11.6 Å². The molecule has 0 amide bonds. The highest BCUT2D eigenvalue weighted by molar-refractivity contribution is 5.73. The molecule has 0 spiro atoms. The number of hydrogen-bond acceptors (Lipinski definition) is 8. The molecular weight excluding hydrogens is 472 g/mol. The van der Waals surface area contributed by atoms with Crippen LogP contribution in [0.4, 0.5) is 0 Å². The highest BCUT2D eigenvalue weighted by Gasteiger charge is 2.45. The van der Waals surface area contributed by atoms with Gasteiger partial charge in [-0.15, -0.1) is 0 Å². The van der Waals surface area contributed by atoms with Gasteiger partial charge in [-0.1, -0.05) is 26.8 Å². The number of esters is 1. The minimum Gasteiger partial charge on any atom is -0.458 e. The van der Waals surface area contributed by atoms with E-state index in [-0.39, 0.29) is 30.2 Å². The first-order valence-corrected chi connectivity index (χ1v) is 14.2. The lowest BCUT2D eigenvalue weighted by Crippen LogP contribution is -2.54. The van der Waals surface area contributed by atoms with Gasteiger partial charge in [0.15, 0.2) is 6.29 Å². The molecule has 0 radical (unpaired) electrons. The molecule has 2 rings (SSSR count). The van der Waals surface area contributed by atoms with E-state index in [0.29, 0.717) is 19.3 Å². The first-order valence-electron chi connectivity index (χ1n) is 14.2. The van der Waals surface area contributed by atoms with Crippen molar-refractivity contribution in [1.82, 2.24) is 10.2 Å². The fourth-order valence-corrected chi connectivity index (χ4v) is 6.10. The highest BCUT2D eigenvalue weighted by atomic mass is 16.7. The van der Waals surface area contributed by atoms with Crippen LogP contribution in [0.1, 0.15) is 81.1 Å². The van der Waals surface area contributed by atoms with Crippen LogP contribution in [0.2, 0.25) is 0 Å². The number of nitrogens with one attached hydrogen (secondary N) is 1. The van der Waals surface area contributed by atoms with Crippen molar-refractivity contribution in [2.75, 3.05) is 20.6 Å². The molecule has 0 aromatic carbocycles. The quantitative estimate of drug-likeness (QED) is 0.378. The zero-order chi connectivity index (χ0) is 28.1. The average molecular weight is 527 g/mol. The Kier molecular flexibility index (Phi) is 12.1. The lowest BCUT2D eigenvalue weighted by Gasteiger charge is -2.44. The van der Waals surface area contributed by atoms with Gasteiger partial charge < -0.3 is 29.7 Å². The maximum absolute atomic E-state index is 13.1. The summed E-state index contributed by atoms with van der Waals surface area (Å²) < 4.78 is 18.5. The Balaban J connectivity index is 2.42. The van der Waals surface area contributed by atoms with Crippen molar-refractivity contribution in [3.63, 3.8) is 0 Å². The van der Waals surface area contributed by atoms with E-state index in [1.165, 1.54) is 0 Å². The topological polar surface area (TPSA) is 100 Å². The number of ether oxygens (including phenoxy) is 3. The first-order chi connectivity index (χ1) is 17.2. The van der Waals surface area contributed by atoms with E-state index in [0.717, 1.165) is 18.5 Å². The van der Waals surface area contributed by atoms with E-state index in [2.05, 4.69) is 37.2 Å². The van der Waals surface area contributed by atoms with Gasteiger partial charge in [0, 0.05) is 31.0 Å². The molecule has 216 valence electrons. The zero-order valence-corrected chi connectivity index (χ0v) is 24.9. The summed E-state index contributed by atoms with van der Waals surface area (Å²) >= 11 is 0. The third kappa shape index (κ3) is 8.73. The summed E-state index contributed by atoms with van der Waals surface area (Å²) in [6.45, 7) is 16.3. The van der Waals surface area contributed by atoms with Crippen LogP contribution in [0, 0.1) is 17.8 Å². The van der Waals surface area contributed by atoms with Crippen molar-refractivity contribution < 1.29 is 29.2 Å². The van der Waals surface area contributed by atoms with Crippen molar-refractivity contribution in [2.24, 2.45) is 17.8 Å². The molecule has 11 atom stereocenters. The summed E-state index contributed by atoms with van der Waals surface area (Å²) in [6.07, 6.45) is 2.13. The molecule has 0 bridgehead atoms. The Labute approximate surface area is 225 Å². The predicted octanol–water partition coefficient (Wildman–Crippen LogP) is 3.50. The molecule has 2 aliphatic heterocycles. The number of nitrogens with zero attached hydrogens (tertiary/aromatic N) is 1. The van der Waals surface area contributed by atoms with Crippen LogP contribution in [-0.4, -0.2) is 90.1 Å². The summed E-state index contributed by atoms with van der Waals surface area (Å²) in [5.74, 6) is -1.61. The second kappa shape index (κ2) is 13.9. The monoisotopic (exact) mass is 526 g/mol. The molecule has 0 saturated carbocycles. The van der Waals surface area contributed by atoms with Crippen molar-refractivity contribution in [3.05, 3.63) is 11.6 Å². The molecule has 2 heterocycles. The third-order valence-corrected chi connectivity index (χ3v) is 8.40. The van der Waals surface area contributed by atoms with Crippen LogP contribution in [0.5, 0.6) is 0 Å². The molecule has 0 unspecified atom stereocenters. The molecule has 0 aliphatic carbocycles. The van der Waals surface area contributed by atoms with Crippen molar-refractivity contribution >= 4 is 5.97 Å². The summed E-state index contributed by atoms with van der Waals surface area (Å²) in [6, 6.07) is 0.376. The third-order valence-electron chi connectivity index (χ3n) is 8.40. The number of rotatable bonds is 4. The summed E-state index contributed by atoms with van der Waals surface area (Å²) in [7, 11) is 4.00. The van der Waals surface area contributed by atoms with E-state index in [1.807, 2.05) is 34.7 Å². The zero-order valence-electron chi connectivity index (χ0n) is 24.9. The Morgan fingerprint density at radius 2 is 1.86 bits per heavy atom. The summed E-state index contributed by atoms with van der Waals surface area (Å²) in [4.78, 5) is 15.4.